The first-order valence-electron chi connectivity index (χ1n) is 16.7. The zero-order valence-corrected chi connectivity index (χ0v) is 26.8. The van der Waals surface area contributed by atoms with Crippen LogP contribution in [0.3, 0.4) is 0 Å². The Hall–Kier alpha value is -3.98. The Morgan fingerprint density at radius 3 is 2.32 bits per heavy atom. The Bertz CT molecular complexity index is 2280. The predicted molar refractivity (Wildman–Crippen MR) is 189 cm³/mol. The molecule has 2 atom stereocenters. The highest BCUT2D eigenvalue weighted by Gasteiger charge is 2.61. The van der Waals surface area contributed by atoms with Crippen LogP contribution >= 0.6 is 0 Å². The summed E-state index contributed by atoms with van der Waals surface area (Å²) in [6.07, 6.45) is 5.10. The Morgan fingerprint density at radius 1 is 0.727 bits per heavy atom. The van der Waals surface area contributed by atoms with Gasteiger partial charge in [-0.1, -0.05) is 107 Å². The Balaban J connectivity index is 1.43. The Kier molecular flexibility index (Phi) is 4.50. The third-order valence-electron chi connectivity index (χ3n) is 12.5. The van der Waals surface area contributed by atoms with Crippen LogP contribution in [0.4, 0.5) is 11.4 Å². The van der Waals surface area contributed by atoms with E-state index in [9.17, 15) is 0 Å². The van der Waals surface area contributed by atoms with E-state index in [1.165, 1.54) is 103 Å². The lowest BCUT2D eigenvalue weighted by Crippen LogP contribution is -2.64. The Morgan fingerprint density at radius 2 is 1.48 bits per heavy atom. The first-order valence-corrected chi connectivity index (χ1v) is 16.7. The molecule has 6 aromatic rings. The summed E-state index contributed by atoms with van der Waals surface area (Å²) in [5.41, 5.74) is 16.2. The molecule has 2 unspecified atom stereocenters. The van der Waals surface area contributed by atoms with Gasteiger partial charge in [-0.25, -0.2) is 0 Å². The van der Waals surface area contributed by atoms with E-state index < -0.39 is 0 Å². The fourth-order valence-corrected chi connectivity index (χ4v) is 10.1. The topological polar surface area (TPSA) is 8.17 Å². The number of anilines is 2. The van der Waals surface area contributed by atoms with Crippen molar-refractivity contribution in [2.24, 2.45) is 0 Å². The normalized spacial score (nSPS) is 23.0. The number of aryl methyl sites for hydroxylation is 1. The first-order chi connectivity index (χ1) is 21.1. The highest BCUT2D eigenvalue weighted by atomic mass is 15.3. The van der Waals surface area contributed by atoms with Crippen molar-refractivity contribution in [2.45, 2.75) is 83.6 Å². The van der Waals surface area contributed by atoms with Crippen molar-refractivity contribution in [1.82, 2.24) is 4.57 Å². The van der Waals surface area contributed by atoms with Crippen LogP contribution in [0.2, 0.25) is 0 Å². The number of para-hydroxylation sites is 1. The number of fused-ring (bicyclic) bond motifs is 12. The second-order valence-electron chi connectivity index (χ2n) is 15.8. The molecule has 0 spiro atoms. The first kappa shape index (κ1) is 25.4. The fourth-order valence-electron chi connectivity index (χ4n) is 10.1. The third kappa shape index (κ3) is 2.74. The highest BCUT2D eigenvalue weighted by Crippen LogP contribution is 2.61. The molecule has 44 heavy (non-hydrogen) atoms. The van der Waals surface area contributed by atoms with E-state index in [1.807, 2.05) is 0 Å². The zero-order chi connectivity index (χ0) is 29.9. The molecule has 0 N–H and O–H groups in total. The molecule has 4 aliphatic rings. The summed E-state index contributed by atoms with van der Waals surface area (Å²) in [5.74, 6) is 0. The number of nitrogens with zero attached hydrogens (tertiary/aromatic N) is 2. The van der Waals surface area contributed by atoms with Crippen LogP contribution < -0.4 is 21.3 Å². The minimum Gasteiger partial charge on any atom is -0.335 e. The van der Waals surface area contributed by atoms with E-state index in [0.717, 1.165) is 0 Å². The monoisotopic (exact) mass is 570 g/mol. The molecule has 10 rings (SSSR count). The van der Waals surface area contributed by atoms with Gasteiger partial charge in [-0.15, -0.1) is 0 Å². The van der Waals surface area contributed by atoms with E-state index in [4.69, 9.17) is 0 Å². The zero-order valence-electron chi connectivity index (χ0n) is 26.8. The fraction of sp³-hybridized carbons (Fsp3) is 0.317. The molecule has 1 saturated carbocycles. The maximum absolute atomic E-state index is 2.86. The molecule has 0 saturated heterocycles. The van der Waals surface area contributed by atoms with Crippen LogP contribution in [0.15, 0.2) is 78.9 Å². The smallest absolute Gasteiger partial charge is 0.252 e. The van der Waals surface area contributed by atoms with Crippen molar-refractivity contribution in [3.8, 4) is 5.69 Å². The lowest BCUT2D eigenvalue weighted by Gasteiger charge is -2.52. The second-order valence-corrected chi connectivity index (χ2v) is 15.8. The molecular weight excluding hydrogens is 531 g/mol. The quantitative estimate of drug-likeness (QED) is 0.166. The predicted octanol–water partition coefficient (Wildman–Crippen LogP) is 8.43. The molecule has 5 aromatic carbocycles. The SMILES string of the molecule is Cc1cc2c3c(c1)-n1c4c(cccc4c4ccc5ccccc5c41)B3c1cc(C(C)(C)C)cc3c1N2C1(C)CCCCC31C. The molecule has 1 fully saturated rings. The molecule has 4 heterocycles. The number of hydrogen-bond donors (Lipinski definition) is 0. The van der Waals surface area contributed by atoms with Crippen molar-refractivity contribution in [2.75, 3.05) is 4.90 Å². The van der Waals surface area contributed by atoms with Crippen molar-refractivity contribution >= 4 is 67.1 Å². The highest BCUT2D eigenvalue weighted by molar-refractivity contribution is 7.00. The summed E-state index contributed by atoms with van der Waals surface area (Å²) in [6, 6.07) is 31.0. The lowest BCUT2D eigenvalue weighted by atomic mass is 9.33. The molecular formula is C41H39BN2. The molecule has 3 aliphatic heterocycles. The summed E-state index contributed by atoms with van der Waals surface area (Å²) >= 11 is 0. The maximum Gasteiger partial charge on any atom is 0.252 e. The van der Waals surface area contributed by atoms with Crippen molar-refractivity contribution < 1.29 is 0 Å². The summed E-state index contributed by atoms with van der Waals surface area (Å²) < 4.78 is 2.66. The Labute approximate surface area is 260 Å². The van der Waals surface area contributed by atoms with Gasteiger partial charge >= 0.3 is 0 Å². The third-order valence-corrected chi connectivity index (χ3v) is 12.5. The van der Waals surface area contributed by atoms with E-state index in [1.54, 1.807) is 5.56 Å². The van der Waals surface area contributed by atoms with Crippen LogP contribution in [0, 0.1) is 6.92 Å². The second kappa shape index (κ2) is 7.81. The van der Waals surface area contributed by atoms with Gasteiger partial charge in [-0.05, 0) is 82.7 Å². The average molecular weight is 571 g/mol. The molecule has 216 valence electrons. The van der Waals surface area contributed by atoms with Crippen LogP contribution in [-0.2, 0) is 10.8 Å². The lowest BCUT2D eigenvalue weighted by molar-refractivity contribution is 0.195. The van der Waals surface area contributed by atoms with Crippen LogP contribution in [0.25, 0.3) is 38.3 Å². The van der Waals surface area contributed by atoms with Crippen molar-refractivity contribution in [3.63, 3.8) is 0 Å². The van der Waals surface area contributed by atoms with Crippen LogP contribution in [0.1, 0.15) is 77.0 Å². The van der Waals surface area contributed by atoms with Gasteiger partial charge in [0, 0.05) is 44.2 Å². The van der Waals surface area contributed by atoms with Gasteiger partial charge in [-0.3, -0.25) is 0 Å². The number of aromatic nitrogens is 1. The number of hydrogen-bond acceptors (Lipinski definition) is 1. The van der Waals surface area contributed by atoms with Gasteiger partial charge in [-0.2, -0.15) is 0 Å². The average Bonchev–Trinajstić information content (AvgIpc) is 3.45. The van der Waals surface area contributed by atoms with Gasteiger partial charge in [0.15, 0.2) is 0 Å². The van der Waals surface area contributed by atoms with Crippen molar-refractivity contribution in [3.05, 3.63) is 95.6 Å². The van der Waals surface area contributed by atoms with E-state index in [2.05, 4.69) is 130 Å². The molecule has 0 radical (unpaired) electrons. The molecule has 0 amide bonds. The summed E-state index contributed by atoms with van der Waals surface area (Å²) in [5, 5.41) is 5.37. The van der Waals surface area contributed by atoms with Gasteiger partial charge in [0.2, 0.25) is 0 Å². The van der Waals surface area contributed by atoms with Crippen LogP contribution in [0.5, 0.6) is 0 Å². The molecule has 1 aliphatic carbocycles. The summed E-state index contributed by atoms with van der Waals surface area (Å²) in [7, 11) is 0. The standard InChI is InChI=1S/C41H39BN2/c1-24-20-33-35-34(21-24)44-38-30(40(5)18-9-10-19-41(40,44)6)22-26(39(2,3)4)23-32(38)42(35)31-15-11-14-28-29-17-16-25-12-7-8-13-27(25)36(29)43(33)37(28)31/h7-8,11-17,20-23H,9-10,18-19H2,1-6H3. The van der Waals surface area contributed by atoms with E-state index in [0.29, 0.717) is 0 Å². The van der Waals surface area contributed by atoms with Gasteiger partial charge in [0.25, 0.3) is 6.71 Å². The molecule has 1 aromatic heterocycles. The van der Waals surface area contributed by atoms with Crippen molar-refractivity contribution in [1.29, 1.82) is 0 Å². The minimum atomic E-state index is 0.0448. The minimum absolute atomic E-state index is 0.0448. The van der Waals surface area contributed by atoms with Gasteiger partial charge in [0.1, 0.15) is 0 Å². The van der Waals surface area contributed by atoms with E-state index >= 15 is 0 Å². The summed E-state index contributed by atoms with van der Waals surface area (Å²) in [6.45, 7) is 14.9. The van der Waals surface area contributed by atoms with E-state index in [-0.39, 0.29) is 23.1 Å². The molecule has 2 nitrogen and oxygen atoms in total. The molecule has 0 bridgehead atoms. The number of rotatable bonds is 0. The number of benzene rings is 5. The van der Waals surface area contributed by atoms with Gasteiger partial charge in [0.05, 0.1) is 11.1 Å². The molecule has 3 heteroatoms. The summed E-state index contributed by atoms with van der Waals surface area (Å²) in [4.78, 5) is 2.86. The largest absolute Gasteiger partial charge is 0.335 e. The van der Waals surface area contributed by atoms with Crippen LogP contribution in [-0.4, -0.2) is 16.8 Å². The van der Waals surface area contributed by atoms with Gasteiger partial charge < -0.3 is 9.47 Å². The maximum atomic E-state index is 2.86.